The van der Waals surface area contributed by atoms with Gasteiger partial charge in [-0.25, -0.2) is 0 Å². The van der Waals surface area contributed by atoms with Gasteiger partial charge in [-0.2, -0.15) is 5.10 Å². The van der Waals surface area contributed by atoms with Crippen LogP contribution in [0.2, 0.25) is 0 Å². The molecule has 0 aliphatic carbocycles. The monoisotopic (exact) mass is 277 g/mol. The van der Waals surface area contributed by atoms with Gasteiger partial charge in [0.1, 0.15) is 5.76 Å². The van der Waals surface area contributed by atoms with Crippen LogP contribution in [-0.2, 0) is 11.8 Å². The Hall–Kier alpha value is -1.69. The van der Waals surface area contributed by atoms with Crippen molar-refractivity contribution in [1.82, 2.24) is 9.78 Å². The highest BCUT2D eigenvalue weighted by Gasteiger charge is 2.34. The van der Waals surface area contributed by atoms with Gasteiger partial charge in [0.15, 0.2) is 0 Å². The molecule has 6 heteroatoms. The lowest BCUT2D eigenvalue weighted by molar-refractivity contribution is -0.116. The topological polar surface area (TPSA) is 51.3 Å². The van der Waals surface area contributed by atoms with E-state index in [0.29, 0.717) is 0 Å². The third kappa shape index (κ3) is 2.28. The molecule has 3 rings (SSSR count). The van der Waals surface area contributed by atoms with Gasteiger partial charge in [0, 0.05) is 24.7 Å². The molecule has 0 unspecified atom stereocenters. The smallest absolute Gasteiger partial charge is 0.240 e. The number of nitrogens with zero attached hydrogens (tertiary/aromatic N) is 3. The van der Waals surface area contributed by atoms with E-state index in [0.717, 1.165) is 29.3 Å². The van der Waals surface area contributed by atoms with Crippen LogP contribution < -0.4 is 4.90 Å². The van der Waals surface area contributed by atoms with Crippen molar-refractivity contribution in [2.45, 2.75) is 23.5 Å². The zero-order chi connectivity index (χ0) is 13.4. The third-order valence-electron chi connectivity index (χ3n) is 3.24. The van der Waals surface area contributed by atoms with Crippen LogP contribution in [0.25, 0.3) is 0 Å². The van der Waals surface area contributed by atoms with E-state index in [-0.39, 0.29) is 11.2 Å². The summed E-state index contributed by atoms with van der Waals surface area (Å²) in [5, 5.41) is 4.08. The summed E-state index contributed by atoms with van der Waals surface area (Å²) >= 11 is 1.59. The van der Waals surface area contributed by atoms with Gasteiger partial charge in [-0.1, -0.05) is 0 Å². The first kappa shape index (κ1) is 12.3. The Morgan fingerprint density at radius 2 is 2.37 bits per heavy atom. The maximum Gasteiger partial charge on any atom is 0.240 e. The molecule has 3 heterocycles. The Labute approximate surface area is 115 Å². The number of carbonyl (C=O) groups excluding carboxylic acids is 1. The van der Waals surface area contributed by atoms with Crippen LogP contribution in [-0.4, -0.2) is 27.5 Å². The molecule has 0 spiro atoms. The number of anilines is 1. The van der Waals surface area contributed by atoms with Gasteiger partial charge in [0.05, 0.1) is 23.4 Å². The van der Waals surface area contributed by atoms with E-state index in [9.17, 15) is 4.79 Å². The lowest BCUT2D eigenvalue weighted by atomic mass is 10.4. The number of aromatic nitrogens is 2. The fourth-order valence-corrected chi connectivity index (χ4v) is 3.32. The molecular formula is C13H15N3O2S. The summed E-state index contributed by atoms with van der Waals surface area (Å²) < 4.78 is 6.98. The van der Waals surface area contributed by atoms with Crippen molar-refractivity contribution in [1.29, 1.82) is 0 Å². The van der Waals surface area contributed by atoms with Crippen LogP contribution in [0, 0.1) is 6.92 Å². The molecule has 0 aromatic carbocycles. The number of thioether (sulfide) groups is 1. The van der Waals surface area contributed by atoms with E-state index in [2.05, 4.69) is 5.10 Å². The number of hydrogen-bond donors (Lipinski definition) is 0. The number of carbonyl (C=O) groups is 1. The largest absolute Gasteiger partial charge is 0.468 e. The van der Waals surface area contributed by atoms with Crippen LogP contribution in [0.4, 0.5) is 5.69 Å². The minimum Gasteiger partial charge on any atom is -0.468 e. The fraction of sp³-hybridized carbons (Fsp3) is 0.385. The molecule has 1 fully saturated rings. The van der Waals surface area contributed by atoms with Crippen LogP contribution in [0.3, 0.4) is 0 Å². The maximum absolute atomic E-state index is 12.4. The van der Waals surface area contributed by atoms with Crippen molar-refractivity contribution in [3.8, 4) is 0 Å². The molecule has 1 amide bonds. The predicted octanol–water partition coefficient (Wildman–Crippen LogP) is 2.22. The molecule has 1 saturated heterocycles. The molecule has 1 aliphatic heterocycles. The normalized spacial score (nSPS) is 19.4. The molecule has 2 aromatic rings. The van der Waals surface area contributed by atoms with E-state index in [1.54, 1.807) is 33.8 Å². The Kier molecular flexibility index (Phi) is 3.10. The van der Waals surface area contributed by atoms with Crippen molar-refractivity contribution in [3.63, 3.8) is 0 Å². The molecular weight excluding hydrogens is 262 g/mol. The molecule has 1 aliphatic rings. The average Bonchev–Trinajstić information content (AvgIpc) is 3.05. The Bertz CT molecular complexity index is 605. The minimum absolute atomic E-state index is 0.0310. The SMILES string of the molecule is Cc1occc1S[C@@H]1CCN(c2cnn(C)c2)C1=O. The van der Waals surface area contributed by atoms with Crippen molar-refractivity contribution in [3.05, 3.63) is 30.5 Å². The van der Waals surface area contributed by atoms with E-state index in [4.69, 9.17) is 4.42 Å². The molecule has 0 N–H and O–H groups in total. The molecule has 19 heavy (non-hydrogen) atoms. The standard InChI is InChI=1S/C13H15N3O2S/c1-9-11(4-6-18-9)19-12-3-5-16(13(12)17)10-7-14-15(2)8-10/h4,6-8,12H,3,5H2,1-2H3/t12-/m1/s1. The van der Waals surface area contributed by atoms with Crippen molar-refractivity contribution in [2.24, 2.45) is 7.05 Å². The van der Waals surface area contributed by atoms with Crippen molar-refractivity contribution < 1.29 is 9.21 Å². The molecule has 100 valence electrons. The van der Waals surface area contributed by atoms with E-state index in [1.165, 1.54) is 0 Å². The summed E-state index contributed by atoms with van der Waals surface area (Å²) in [6.07, 6.45) is 6.11. The highest BCUT2D eigenvalue weighted by atomic mass is 32.2. The first-order valence-corrected chi connectivity index (χ1v) is 7.04. The Morgan fingerprint density at radius 3 is 3.00 bits per heavy atom. The number of hydrogen-bond acceptors (Lipinski definition) is 4. The number of furan rings is 1. The van der Waals surface area contributed by atoms with Crippen LogP contribution in [0.15, 0.2) is 34.0 Å². The van der Waals surface area contributed by atoms with E-state index >= 15 is 0 Å². The van der Waals surface area contributed by atoms with Gasteiger partial charge < -0.3 is 9.32 Å². The maximum atomic E-state index is 12.4. The first-order chi connectivity index (χ1) is 9.15. The van der Waals surface area contributed by atoms with Crippen LogP contribution in [0.1, 0.15) is 12.2 Å². The summed E-state index contributed by atoms with van der Waals surface area (Å²) in [5.74, 6) is 1.02. The highest BCUT2D eigenvalue weighted by Crippen LogP contribution is 2.34. The van der Waals surface area contributed by atoms with Crippen molar-refractivity contribution in [2.75, 3.05) is 11.4 Å². The zero-order valence-electron chi connectivity index (χ0n) is 10.9. The zero-order valence-corrected chi connectivity index (χ0v) is 11.7. The Morgan fingerprint density at radius 1 is 1.53 bits per heavy atom. The van der Waals surface area contributed by atoms with Gasteiger partial charge in [0.25, 0.3) is 0 Å². The Balaban J connectivity index is 1.74. The van der Waals surface area contributed by atoms with Gasteiger partial charge in [-0.15, -0.1) is 11.8 Å². The predicted molar refractivity (Wildman–Crippen MR) is 73.3 cm³/mol. The second kappa shape index (κ2) is 4.77. The summed E-state index contributed by atoms with van der Waals surface area (Å²) in [4.78, 5) is 15.2. The summed E-state index contributed by atoms with van der Waals surface area (Å²) in [7, 11) is 1.85. The van der Waals surface area contributed by atoms with Crippen LogP contribution in [0.5, 0.6) is 0 Å². The second-order valence-electron chi connectivity index (χ2n) is 4.60. The highest BCUT2D eigenvalue weighted by molar-refractivity contribution is 8.00. The second-order valence-corrected chi connectivity index (χ2v) is 5.84. The molecule has 0 bridgehead atoms. The van der Waals surface area contributed by atoms with Gasteiger partial charge in [-0.3, -0.25) is 9.48 Å². The molecule has 5 nitrogen and oxygen atoms in total. The van der Waals surface area contributed by atoms with Gasteiger partial charge in [-0.05, 0) is 19.4 Å². The number of rotatable bonds is 3. The summed E-state index contributed by atoms with van der Waals surface area (Å²) in [6.45, 7) is 2.67. The minimum atomic E-state index is -0.0310. The fourth-order valence-electron chi connectivity index (χ4n) is 2.22. The van der Waals surface area contributed by atoms with Gasteiger partial charge in [0.2, 0.25) is 5.91 Å². The molecule has 2 aromatic heterocycles. The molecule has 0 saturated carbocycles. The van der Waals surface area contributed by atoms with E-state index < -0.39 is 0 Å². The lowest BCUT2D eigenvalue weighted by Crippen LogP contribution is -2.27. The number of amides is 1. The lowest BCUT2D eigenvalue weighted by Gasteiger charge is -2.13. The first-order valence-electron chi connectivity index (χ1n) is 6.16. The van der Waals surface area contributed by atoms with Crippen molar-refractivity contribution >= 4 is 23.4 Å². The summed E-state index contributed by atoms with van der Waals surface area (Å²) in [5.41, 5.74) is 0.875. The van der Waals surface area contributed by atoms with E-state index in [1.807, 2.05) is 26.2 Å². The van der Waals surface area contributed by atoms with Gasteiger partial charge >= 0.3 is 0 Å². The molecule has 1 atom stereocenters. The quantitative estimate of drug-likeness (QED) is 0.863. The molecule has 0 radical (unpaired) electrons. The number of aryl methyl sites for hydroxylation is 2. The van der Waals surface area contributed by atoms with Crippen LogP contribution >= 0.6 is 11.8 Å². The average molecular weight is 277 g/mol. The summed E-state index contributed by atoms with van der Waals surface area (Å²) in [6, 6.07) is 1.92. The third-order valence-corrected chi connectivity index (χ3v) is 4.64.